The van der Waals surface area contributed by atoms with Crippen molar-refractivity contribution in [2.45, 2.75) is 50.6 Å². The highest BCUT2D eigenvalue weighted by Gasteiger charge is 2.20. The highest BCUT2D eigenvalue weighted by atomic mass is 16.2. The summed E-state index contributed by atoms with van der Waals surface area (Å²) in [5.41, 5.74) is 7.17. The van der Waals surface area contributed by atoms with Gasteiger partial charge in [0.2, 0.25) is 5.91 Å². The van der Waals surface area contributed by atoms with E-state index < -0.39 is 0 Å². The molecule has 3 heteroatoms. The van der Waals surface area contributed by atoms with Gasteiger partial charge < -0.3 is 11.1 Å². The van der Waals surface area contributed by atoms with Crippen LogP contribution < -0.4 is 11.1 Å². The Bertz CT molecular complexity index is 371. The van der Waals surface area contributed by atoms with Crippen LogP contribution in [0.4, 0.5) is 0 Å². The van der Waals surface area contributed by atoms with E-state index in [2.05, 4.69) is 17.4 Å². The average molecular weight is 246 g/mol. The molecule has 1 amide bonds. The first kappa shape index (κ1) is 13.1. The van der Waals surface area contributed by atoms with Crippen molar-refractivity contribution in [1.82, 2.24) is 5.32 Å². The third-order valence-corrected chi connectivity index (χ3v) is 3.63. The second-order valence-corrected chi connectivity index (χ2v) is 5.12. The zero-order valence-electron chi connectivity index (χ0n) is 10.8. The number of carbonyl (C=O) groups excluding carboxylic acids is 1. The standard InChI is InChI=1S/C15H22N2O/c16-14(11-10-12-6-2-1-3-7-12)15(18)17-13-8-4-5-9-13/h1-3,6-7,13-14H,4-5,8-11,16H2,(H,17,18). The van der Waals surface area contributed by atoms with E-state index in [0.29, 0.717) is 12.5 Å². The fourth-order valence-electron chi connectivity index (χ4n) is 2.48. The molecule has 0 aliphatic heterocycles. The molecule has 1 aliphatic rings. The van der Waals surface area contributed by atoms with E-state index in [1.165, 1.54) is 18.4 Å². The summed E-state index contributed by atoms with van der Waals surface area (Å²) in [6.45, 7) is 0. The first-order valence-electron chi connectivity index (χ1n) is 6.85. The second-order valence-electron chi connectivity index (χ2n) is 5.12. The van der Waals surface area contributed by atoms with Crippen molar-refractivity contribution >= 4 is 5.91 Å². The van der Waals surface area contributed by atoms with Gasteiger partial charge in [-0.1, -0.05) is 43.2 Å². The van der Waals surface area contributed by atoms with Gasteiger partial charge in [0.1, 0.15) is 0 Å². The summed E-state index contributed by atoms with van der Waals surface area (Å²) in [7, 11) is 0. The minimum absolute atomic E-state index is 0.0119. The van der Waals surface area contributed by atoms with Gasteiger partial charge in [0.15, 0.2) is 0 Å². The lowest BCUT2D eigenvalue weighted by molar-refractivity contribution is -0.123. The summed E-state index contributed by atoms with van der Waals surface area (Å²) in [5, 5.41) is 3.05. The van der Waals surface area contributed by atoms with Crippen molar-refractivity contribution in [1.29, 1.82) is 0 Å². The molecule has 0 heterocycles. The van der Waals surface area contributed by atoms with Crippen molar-refractivity contribution in [3.63, 3.8) is 0 Å². The van der Waals surface area contributed by atoms with Gasteiger partial charge in [-0.3, -0.25) is 4.79 Å². The Morgan fingerprint density at radius 1 is 1.28 bits per heavy atom. The molecule has 1 saturated carbocycles. The van der Waals surface area contributed by atoms with Crippen LogP contribution in [-0.4, -0.2) is 18.0 Å². The molecule has 0 saturated heterocycles. The smallest absolute Gasteiger partial charge is 0.237 e. The summed E-state index contributed by atoms with van der Waals surface area (Å²) >= 11 is 0. The van der Waals surface area contributed by atoms with E-state index >= 15 is 0 Å². The van der Waals surface area contributed by atoms with Gasteiger partial charge in [0.05, 0.1) is 6.04 Å². The Hall–Kier alpha value is -1.35. The van der Waals surface area contributed by atoms with E-state index in [1.54, 1.807) is 0 Å². The highest BCUT2D eigenvalue weighted by Crippen LogP contribution is 2.17. The topological polar surface area (TPSA) is 55.1 Å². The van der Waals surface area contributed by atoms with Crippen molar-refractivity contribution in [2.24, 2.45) is 5.73 Å². The van der Waals surface area contributed by atoms with E-state index in [9.17, 15) is 4.79 Å². The van der Waals surface area contributed by atoms with Crippen LogP contribution in [0.2, 0.25) is 0 Å². The Labute approximate surface area is 109 Å². The zero-order chi connectivity index (χ0) is 12.8. The molecule has 3 N–H and O–H groups in total. The van der Waals surface area contributed by atoms with Gasteiger partial charge in [-0.05, 0) is 31.2 Å². The van der Waals surface area contributed by atoms with Crippen LogP contribution in [0.1, 0.15) is 37.7 Å². The van der Waals surface area contributed by atoms with Gasteiger partial charge >= 0.3 is 0 Å². The van der Waals surface area contributed by atoms with Gasteiger partial charge in [-0.2, -0.15) is 0 Å². The number of benzene rings is 1. The summed E-state index contributed by atoms with van der Waals surface area (Å²) in [6, 6.07) is 10.1. The minimum atomic E-state index is -0.384. The van der Waals surface area contributed by atoms with Crippen LogP contribution in [0, 0.1) is 0 Å². The second kappa shape index (κ2) is 6.55. The van der Waals surface area contributed by atoms with Gasteiger partial charge in [0, 0.05) is 6.04 Å². The zero-order valence-corrected chi connectivity index (χ0v) is 10.8. The molecule has 18 heavy (non-hydrogen) atoms. The summed E-state index contributed by atoms with van der Waals surface area (Å²) in [4.78, 5) is 11.9. The molecule has 0 radical (unpaired) electrons. The number of carbonyl (C=O) groups is 1. The molecule has 2 rings (SSSR count). The van der Waals surface area contributed by atoms with Gasteiger partial charge in [-0.25, -0.2) is 0 Å². The third kappa shape index (κ3) is 3.84. The first-order valence-corrected chi connectivity index (χ1v) is 6.85. The normalized spacial score (nSPS) is 17.6. The minimum Gasteiger partial charge on any atom is -0.352 e. The molecule has 3 nitrogen and oxygen atoms in total. The molecule has 1 aromatic carbocycles. The molecule has 1 unspecified atom stereocenters. The number of amides is 1. The summed E-state index contributed by atoms with van der Waals surface area (Å²) in [5.74, 6) is 0.0119. The molecule has 1 aromatic rings. The quantitative estimate of drug-likeness (QED) is 0.835. The fraction of sp³-hybridized carbons (Fsp3) is 0.533. The molecular weight excluding hydrogens is 224 g/mol. The van der Waals surface area contributed by atoms with Crippen molar-refractivity contribution in [3.8, 4) is 0 Å². The maximum absolute atomic E-state index is 11.9. The summed E-state index contributed by atoms with van der Waals surface area (Å²) in [6.07, 6.45) is 6.24. The van der Waals surface area contributed by atoms with Crippen LogP contribution >= 0.6 is 0 Å². The van der Waals surface area contributed by atoms with E-state index in [4.69, 9.17) is 5.73 Å². The predicted molar refractivity (Wildman–Crippen MR) is 73.1 cm³/mol. The molecule has 1 aliphatic carbocycles. The largest absolute Gasteiger partial charge is 0.352 e. The molecular formula is C15H22N2O. The summed E-state index contributed by atoms with van der Waals surface area (Å²) < 4.78 is 0. The van der Waals surface area contributed by atoms with E-state index in [1.807, 2.05) is 18.2 Å². The fourth-order valence-corrected chi connectivity index (χ4v) is 2.48. The average Bonchev–Trinajstić information content (AvgIpc) is 2.90. The predicted octanol–water partition coefficient (Wildman–Crippen LogP) is 2.01. The lowest BCUT2D eigenvalue weighted by atomic mass is 10.0. The number of nitrogens with one attached hydrogen (secondary N) is 1. The Morgan fingerprint density at radius 2 is 1.94 bits per heavy atom. The molecule has 1 atom stereocenters. The number of hydrogen-bond donors (Lipinski definition) is 2. The molecule has 1 fully saturated rings. The molecule has 0 aromatic heterocycles. The Kier molecular flexibility index (Phi) is 4.76. The lowest BCUT2D eigenvalue weighted by Crippen LogP contribution is -2.44. The van der Waals surface area contributed by atoms with Crippen molar-refractivity contribution in [2.75, 3.05) is 0 Å². The van der Waals surface area contributed by atoms with Gasteiger partial charge in [0.25, 0.3) is 0 Å². The van der Waals surface area contributed by atoms with E-state index in [0.717, 1.165) is 19.3 Å². The molecule has 0 bridgehead atoms. The number of aryl methyl sites for hydroxylation is 1. The van der Waals surface area contributed by atoms with Crippen LogP contribution in [0.3, 0.4) is 0 Å². The van der Waals surface area contributed by atoms with Crippen molar-refractivity contribution < 1.29 is 4.79 Å². The van der Waals surface area contributed by atoms with Crippen LogP contribution in [-0.2, 0) is 11.2 Å². The Morgan fingerprint density at radius 3 is 2.61 bits per heavy atom. The lowest BCUT2D eigenvalue weighted by Gasteiger charge is -2.16. The first-order chi connectivity index (χ1) is 8.75. The van der Waals surface area contributed by atoms with Crippen molar-refractivity contribution in [3.05, 3.63) is 35.9 Å². The SMILES string of the molecule is NC(CCc1ccccc1)C(=O)NC1CCCC1. The number of hydrogen-bond acceptors (Lipinski definition) is 2. The van der Waals surface area contributed by atoms with Crippen LogP contribution in [0.5, 0.6) is 0 Å². The van der Waals surface area contributed by atoms with Gasteiger partial charge in [-0.15, -0.1) is 0 Å². The highest BCUT2D eigenvalue weighted by molar-refractivity contribution is 5.81. The molecule has 0 spiro atoms. The monoisotopic (exact) mass is 246 g/mol. The molecule has 98 valence electrons. The Balaban J connectivity index is 1.73. The number of nitrogens with two attached hydrogens (primary N) is 1. The van der Waals surface area contributed by atoms with E-state index in [-0.39, 0.29) is 11.9 Å². The maximum Gasteiger partial charge on any atom is 0.237 e. The third-order valence-electron chi connectivity index (χ3n) is 3.63. The maximum atomic E-state index is 11.9. The van der Waals surface area contributed by atoms with Crippen LogP contribution in [0.15, 0.2) is 30.3 Å². The number of rotatable bonds is 5. The van der Waals surface area contributed by atoms with Crippen LogP contribution in [0.25, 0.3) is 0 Å².